The van der Waals surface area contributed by atoms with Crippen molar-refractivity contribution in [2.45, 2.75) is 44.8 Å². The number of carbonyl (C=O) groups is 1. The van der Waals surface area contributed by atoms with Crippen molar-refractivity contribution < 1.29 is 14.6 Å². The highest BCUT2D eigenvalue weighted by atomic mass is 35.5. The average Bonchev–Trinajstić information content (AvgIpc) is 2.50. The van der Waals surface area contributed by atoms with Crippen LogP contribution in [0.1, 0.15) is 33.1 Å². The zero-order chi connectivity index (χ0) is 16.3. The maximum Gasteiger partial charge on any atom is 0.263 e. The molecule has 0 bridgehead atoms. The van der Waals surface area contributed by atoms with Gasteiger partial charge in [-0.05, 0) is 44.4 Å². The van der Waals surface area contributed by atoms with Gasteiger partial charge in [-0.25, -0.2) is 0 Å². The molecule has 1 N–H and O–H groups in total. The van der Waals surface area contributed by atoms with E-state index in [1.807, 2.05) is 6.92 Å². The van der Waals surface area contributed by atoms with Gasteiger partial charge in [0.25, 0.3) is 5.91 Å². The van der Waals surface area contributed by atoms with Gasteiger partial charge in [-0.1, -0.05) is 30.1 Å². The molecule has 1 heterocycles. The van der Waals surface area contributed by atoms with Gasteiger partial charge in [-0.2, -0.15) is 0 Å². The average molecular weight is 346 g/mol. The van der Waals surface area contributed by atoms with Crippen LogP contribution in [0.4, 0.5) is 0 Å². The van der Waals surface area contributed by atoms with E-state index in [1.54, 1.807) is 30.0 Å². The molecule has 122 valence electrons. The predicted octanol–water partition coefficient (Wildman–Crippen LogP) is 3.52. The zero-order valence-corrected chi connectivity index (χ0v) is 14.3. The van der Waals surface area contributed by atoms with Crippen LogP contribution in [-0.4, -0.2) is 40.7 Å². The Labute approximate surface area is 141 Å². The maximum atomic E-state index is 12.4. The number of piperidine rings is 1. The molecule has 0 aliphatic carbocycles. The molecule has 0 aromatic heterocycles. The van der Waals surface area contributed by atoms with Gasteiger partial charge < -0.3 is 14.7 Å². The summed E-state index contributed by atoms with van der Waals surface area (Å²) < 4.78 is 5.65. The number of aliphatic hydroxyl groups is 1. The fourth-order valence-corrected chi connectivity index (χ4v) is 3.02. The summed E-state index contributed by atoms with van der Waals surface area (Å²) in [6.07, 6.45) is 1.28. The lowest BCUT2D eigenvalue weighted by atomic mass is 9.89. The first kappa shape index (κ1) is 17.4. The van der Waals surface area contributed by atoms with E-state index in [1.165, 1.54) is 0 Å². The highest BCUT2D eigenvalue weighted by Gasteiger charge is 2.34. The van der Waals surface area contributed by atoms with Crippen LogP contribution in [0.15, 0.2) is 18.2 Å². The third-order valence-corrected chi connectivity index (χ3v) is 4.74. The summed E-state index contributed by atoms with van der Waals surface area (Å²) in [6, 6.07) is 4.90. The third kappa shape index (κ3) is 4.06. The Hall–Kier alpha value is -0.970. The lowest BCUT2D eigenvalue weighted by molar-refractivity contribution is -0.142. The largest absolute Gasteiger partial charge is 0.479 e. The molecule has 0 spiro atoms. The van der Waals surface area contributed by atoms with Crippen LogP contribution in [0.5, 0.6) is 5.75 Å². The van der Waals surface area contributed by atoms with E-state index < -0.39 is 11.7 Å². The molecule has 0 radical (unpaired) electrons. The summed E-state index contributed by atoms with van der Waals surface area (Å²) in [6.45, 7) is 4.76. The van der Waals surface area contributed by atoms with E-state index in [0.29, 0.717) is 48.1 Å². The van der Waals surface area contributed by atoms with Crippen molar-refractivity contribution in [2.75, 3.05) is 13.1 Å². The topological polar surface area (TPSA) is 49.8 Å². The number of rotatable bonds is 4. The molecular formula is C16H21Cl2NO3. The van der Waals surface area contributed by atoms with Crippen LogP contribution in [0.3, 0.4) is 0 Å². The van der Waals surface area contributed by atoms with E-state index in [0.717, 1.165) is 0 Å². The fourth-order valence-electron chi connectivity index (χ4n) is 2.57. The minimum Gasteiger partial charge on any atom is -0.479 e. The number of halogens is 2. The number of hydrogen-bond acceptors (Lipinski definition) is 3. The van der Waals surface area contributed by atoms with E-state index >= 15 is 0 Å². The van der Waals surface area contributed by atoms with Crippen LogP contribution in [0, 0.1) is 0 Å². The zero-order valence-electron chi connectivity index (χ0n) is 12.8. The first-order valence-corrected chi connectivity index (χ1v) is 8.23. The molecule has 1 aliphatic rings. The van der Waals surface area contributed by atoms with E-state index in [9.17, 15) is 9.90 Å². The van der Waals surface area contributed by atoms with Crippen LogP contribution < -0.4 is 4.74 Å². The summed E-state index contributed by atoms with van der Waals surface area (Å²) in [5.74, 6) is 0.346. The van der Waals surface area contributed by atoms with Crippen LogP contribution in [-0.2, 0) is 4.79 Å². The standard InChI is InChI=1S/C16H21Cl2NO3/c1-3-16(21)6-8-19(9-7-16)15(20)11(2)22-14-5-4-12(17)10-13(14)18/h4-5,10-11,21H,3,6-9H2,1-2H3/t11-/m1/s1. The van der Waals surface area contributed by atoms with Crippen molar-refractivity contribution in [3.05, 3.63) is 28.2 Å². The highest BCUT2D eigenvalue weighted by Crippen LogP contribution is 2.29. The normalized spacial score (nSPS) is 18.9. The smallest absolute Gasteiger partial charge is 0.263 e. The van der Waals surface area contributed by atoms with E-state index in [-0.39, 0.29) is 5.91 Å². The molecule has 0 saturated carbocycles. The minimum absolute atomic E-state index is 0.0934. The number of likely N-dealkylation sites (tertiary alicyclic amines) is 1. The Morgan fingerprint density at radius 1 is 1.41 bits per heavy atom. The molecule has 6 heteroatoms. The molecule has 1 saturated heterocycles. The van der Waals surface area contributed by atoms with Gasteiger partial charge in [0.05, 0.1) is 10.6 Å². The summed E-state index contributed by atoms with van der Waals surface area (Å²) in [4.78, 5) is 14.2. The Morgan fingerprint density at radius 3 is 2.59 bits per heavy atom. The summed E-state index contributed by atoms with van der Waals surface area (Å²) in [7, 11) is 0. The number of carbonyl (C=O) groups excluding carboxylic acids is 1. The Bertz CT molecular complexity index is 542. The lowest BCUT2D eigenvalue weighted by Crippen LogP contribution is -2.49. The fraction of sp³-hybridized carbons (Fsp3) is 0.562. The predicted molar refractivity (Wildman–Crippen MR) is 87.6 cm³/mol. The Morgan fingerprint density at radius 2 is 2.05 bits per heavy atom. The van der Waals surface area contributed by atoms with Gasteiger partial charge in [-0.3, -0.25) is 4.79 Å². The van der Waals surface area contributed by atoms with Crippen LogP contribution in [0.25, 0.3) is 0 Å². The maximum absolute atomic E-state index is 12.4. The molecule has 1 aromatic carbocycles. The molecule has 1 atom stereocenters. The minimum atomic E-state index is -0.639. The van der Waals surface area contributed by atoms with E-state index in [4.69, 9.17) is 27.9 Å². The van der Waals surface area contributed by atoms with Gasteiger partial charge in [0.1, 0.15) is 5.75 Å². The van der Waals surface area contributed by atoms with Gasteiger partial charge >= 0.3 is 0 Å². The SMILES string of the molecule is CCC1(O)CCN(C(=O)[C@@H](C)Oc2ccc(Cl)cc2Cl)CC1. The molecular weight excluding hydrogens is 325 g/mol. The summed E-state index contributed by atoms with van der Waals surface area (Å²) in [5.41, 5.74) is -0.639. The summed E-state index contributed by atoms with van der Waals surface area (Å²) >= 11 is 11.9. The van der Waals surface area contributed by atoms with Crippen molar-refractivity contribution >= 4 is 29.1 Å². The molecule has 0 unspecified atom stereocenters. The second-order valence-electron chi connectivity index (χ2n) is 5.74. The van der Waals surface area contributed by atoms with Crippen molar-refractivity contribution in [2.24, 2.45) is 0 Å². The first-order valence-electron chi connectivity index (χ1n) is 7.47. The lowest BCUT2D eigenvalue weighted by Gasteiger charge is -2.38. The Kier molecular flexibility index (Phi) is 5.59. The van der Waals surface area contributed by atoms with Gasteiger partial charge in [0.2, 0.25) is 0 Å². The summed E-state index contributed by atoms with van der Waals surface area (Å²) in [5, 5.41) is 11.1. The van der Waals surface area contributed by atoms with Crippen molar-refractivity contribution in [1.82, 2.24) is 4.90 Å². The molecule has 1 fully saturated rings. The second kappa shape index (κ2) is 7.07. The molecule has 1 aliphatic heterocycles. The van der Waals surface area contributed by atoms with Crippen molar-refractivity contribution in [3.8, 4) is 5.75 Å². The number of nitrogens with zero attached hydrogens (tertiary/aromatic N) is 1. The highest BCUT2D eigenvalue weighted by molar-refractivity contribution is 6.35. The number of benzene rings is 1. The van der Waals surface area contributed by atoms with Gasteiger partial charge in [-0.15, -0.1) is 0 Å². The quantitative estimate of drug-likeness (QED) is 0.908. The molecule has 1 aromatic rings. The van der Waals surface area contributed by atoms with E-state index in [2.05, 4.69) is 0 Å². The second-order valence-corrected chi connectivity index (χ2v) is 6.58. The molecule has 4 nitrogen and oxygen atoms in total. The van der Waals surface area contributed by atoms with Gasteiger partial charge in [0, 0.05) is 18.1 Å². The monoisotopic (exact) mass is 345 g/mol. The molecule has 2 rings (SSSR count). The van der Waals surface area contributed by atoms with Gasteiger partial charge in [0.15, 0.2) is 6.10 Å². The first-order chi connectivity index (χ1) is 10.3. The van der Waals surface area contributed by atoms with Crippen molar-refractivity contribution in [1.29, 1.82) is 0 Å². The van der Waals surface area contributed by atoms with Crippen LogP contribution in [0.2, 0.25) is 10.0 Å². The number of hydrogen-bond donors (Lipinski definition) is 1. The molecule has 22 heavy (non-hydrogen) atoms. The number of amides is 1. The molecule has 1 amide bonds. The van der Waals surface area contributed by atoms with Crippen LogP contribution >= 0.6 is 23.2 Å². The third-order valence-electron chi connectivity index (χ3n) is 4.21. The Balaban J connectivity index is 1.95. The number of ether oxygens (including phenoxy) is 1. The van der Waals surface area contributed by atoms with Crippen molar-refractivity contribution in [3.63, 3.8) is 0 Å².